The minimum absolute atomic E-state index is 0.331. The van der Waals surface area contributed by atoms with Crippen LogP contribution in [0.1, 0.15) is 12.6 Å². The summed E-state index contributed by atoms with van der Waals surface area (Å²) in [7, 11) is 0. The van der Waals surface area contributed by atoms with E-state index in [0.29, 0.717) is 24.1 Å². The molecule has 0 saturated heterocycles. The quantitative estimate of drug-likeness (QED) is 0.661. The topological polar surface area (TPSA) is 35.8 Å². The average Bonchev–Trinajstić information content (AvgIpc) is 2.86. The zero-order valence-corrected chi connectivity index (χ0v) is 12.4. The second-order valence-corrected chi connectivity index (χ2v) is 4.70. The van der Waals surface area contributed by atoms with Gasteiger partial charge >= 0.3 is 0 Å². The molecule has 0 unspecified atom stereocenters. The molecule has 0 saturated carbocycles. The fourth-order valence-corrected chi connectivity index (χ4v) is 2.35. The molecule has 5 heteroatoms. The van der Waals surface area contributed by atoms with Gasteiger partial charge in [-0.3, -0.25) is 4.40 Å². The van der Waals surface area contributed by atoms with Gasteiger partial charge < -0.3 is 9.47 Å². The summed E-state index contributed by atoms with van der Waals surface area (Å²) in [6.45, 7) is 2.59. The van der Waals surface area contributed by atoms with Crippen molar-refractivity contribution >= 4 is 17.2 Å². The van der Waals surface area contributed by atoms with E-state index in [1.54, 1.807) is 0 Å². The highest BCUT2D eigenvalue weighted by Gasteiger charge is 2.13. The van der Waals surface area contributed by atoms with E-state index in [2.05, 4.69) is 4.98 Å². The van der Waals surface area contributed by atoms with Crippen molar-refractivity contribution in [1.82, 2.24) is 9.38 Å². The Hall–Kier alpha value is -2.20. The lowest BCUT2D eigenvalue weighted by Gasteiger charge is -2.06. The summed E-state index contributed by atoms with van der Waals surface area (Å²) in [5.74, 6) is 2.38. The standard InChI is InChI=1S/C16H15ClN2O2/c1-2-20-12-6-8-13(9-7-12)21-16-14(11-17)19-10-4-3-5-15(19)18-16/h3-10H,2,11H2,1H3. The first-order valence-electron chi connectivity index (χ1n) is 6.74. The van der Waals surface area contributed by atoms with Gasteiger partial charge in [0, 0.05) is 6.20 Å². The Morgan fingerprint density at radius 3 is 2.57 bits per heavy atom. The molecule has 0 fully saturated rings. The van der Waals surface area contributed by atoms with Crippen LogP contribution in [0, 0.1) is 0 Å². The predicted octanol–water partition coefficient (Wildman–Crippen LogP) is 4.26. The smallest absolute Gasteiger partial charge is 0.242 e. The molecule has 0 aliphatic heterocycles. The number of rotatable bonds is 5. The van der Waals surface area contributed by atoms with E-state index in [-0.39, 0.29) is 0 Å². The first kappa shape index (κ1) is 13.8. The lowest BCUT2D eigenvalue weighted by molar-refractivity contribution is 0.339. The van der Waals surface area contributed by atoms with Crippen molar-refractivity contribution in [3.63, 3.8) is 0 Å². The van der Waals surface area contributed by atoms with Gasteiger partial charge in [0.25, 0.3) is 0 Å². The summed E-state index contributed by atoms with van der Waals surface area (Å²) in [6.07, 6.45) is 1.92. The Kier molecular flexibility index (Phi) is 3.97. The normalized spacial score (nSPS) is 10.8. The Bertz CT molecular complexity index is 738. The van der Waals surface area contributed by atoms with Crippen molar-refractivity contribution in [2.45, 2.75) is 12.8 Å². The third-order valence-corrected chi connectivity index (χ3v) is 3.32. The summed E-state index contributed by atoms with van der Waals surface area (Å²) < 4.78 is 13.2. The van der Waals surface area contributed by atoms with Crippen molar-refractivity contribution in [2.75, 3.05) is 6.61 Å². The van der Waals surface area contributed by atoms with Crippen molar-refractivity contribution in [3.8, 4) is 17.4 Å². The molecule has 2 heterocycles. The van der Waals surface area contributed by atoms with Gasteiger partial charge in [0.2, 0.25) is 5.88 Å². The number of ether oxygens (including phenoxy) is 2. The molecule has 0 bridgehead atoms. The molecule has 3 rings (SSSR count). The fraction of sp³-hybridized carbons (Fsp3) is 0.188. The summed E-state index contributed by atoms with van der Waals surface area (Å²) >= 11 is 6.02. The highest BCUT2D eigenvalue weighted by Crippen LogP contribution is 2.28. The minimum Gasteiger partial charge on any atom is -0.494 e. The zero-order chi connectivity index (χ0) is 14.7. The van der Waals surface area contributed by atoms with Gasteiger partial charge in [0.1, 0.15) is 22.8 Å². The summed E-state index contributed by atoms with van der Waals surface area (Å²) in [5, 5.41) is 0. The van der Waals surface area contributed by atoms with Crippen molar-refractivity contribution < 1.29 is 9.47 Å². The van der Waals surface area contributed by atoms with Gasteiger partial charge in [0.05, 0.1) is 12.5 Å². The second kappa shape index (κ2) is 6.06. The number of hydrogen-bond donors (Lipinski definition) is 0. The molecule has 0 aliphatic rings. The number of pyridine rings is 1. The molecule has 108 valence electrons. The van der Waals surface area contributed by atoms with Gasteiger partial charge in [-0.25, -0.2) is 0 Å². The molecule has 0 amide bonds. The maximum Gasteiger partial charge on any atom is 0.242 e. The third-order valence-electron chi connectivity index (χ3n) is 3.07. The minimum atomic E-state index is 0.331. The van der Waals surface area contributed by atoms with E-state index in [1.165, 1.54) is 0 Å². The Morgan fingerprint density at radius 1 is 1.10 bits per heavy atom. The number of fused-ring (bicyclic) bond motifs is 1. The Balaban J connectivity index is 1.90. The molecule has 21 heavy (non-hydrogen) atoms. The van der Waals surface area contributed by atoms with Gasteiger partial charge in [-0.15, -0.1) is 11.6 Å². The van der Waals surface area contributed by atoms with Gasteiger partial charge in [-0.1, -0.05) is 6.07 Å². The lowest BCUT2D eigenvalue weighted by atomic mass is 10.3. The molecule has 0 spiro atoms. The first-order chi connectivity index (χ1) is 10.3. The van der Waals surface area contributed by atoms with Crippen LogP contribution in [0.3, 0.4) is 0 Å². The zero-order valence-electron chi connectivity index (χ0n) is 11.6. The summed E-state index contributed by atoms with van der Waals surface area (Å²) in [5.41, 5.74) is 1.65. The molecule has 1 aromatic carbocycles. The molecule has 0 radical (unpaired) electrons. The highest BCUT2D eigenvalue weighted by atomic mass is 35.5. The van der Waals surface area contributed by atoms with Crippen molar-refractivity contribution in [2.24, 2.45) is 0 Å². The van der Waals surface area contributed by atoms with Crippen LogP contribution in [-0.2, 0) is 5.88 Å². The average molecular weight is 303 g/mol. The summed E-state index contributed by atoms with van der Waals surface area (Å²) in [4.78, 5) is 4.46. The molecular weight excluding hydrogens is 288 g/mol. The van der Waals surface area contributed by atoms with E-state index >= 15 is 0 Å². The number of aromatic nitrogens is 2. The first-order valence-corrected chi connectivity index (χ1v) is 7.28. The SMILES string of the molecule is CCOc1ccc(Oc2nc3ccccn3c2CCl)cc1. The second-order valence-electron chi connectivity index (χ2n) is 4.43. The van der Waals surface area contributed by atoms with Crippen LogP contribution in [-0.4, -0.2) is 16.0 Å². The monoisotopic (exact) mass is 302 g/mol. The van der Waals surface area contributed by atoms with E-state index in [4.69, 9.17) is 21.1 Å². The predicted molar refractivity (Wildman–Crippen MR) is 82.4 cm³/mol. The van der Waals surface area contributed by atoms with Crippen LogP contribution in [0.2, 0.25) is 0 Å². The van der Waals surface area contributed by atoms with Gasteiger partial charge in [-0.05, 0) is 43.3 Å². The maximum absolute atomic E-state index is 6.02. The van der Waals surface area contributed by atoms with Crippen molar-refractivity contribution in [3.05, 3.63) is 54.4 Å². The Morgan fingerprint density at radius 2 is 1.86 bits per heavy atom. The molecule has 0 aliphatic carbocycles. The van der Waals surface area contributed by atoms with E-state index < -0.39 is 0 Å². The maximum atomic E-state index is 6.02. The van der Waals surface area contributed by atoms with E-state index in [1.807, 2.05) is 60.0 Å². The van der Waals surface area contributed by atoms with E-state index in [9.17, 15) is 0 Å². The summed E-state index contributed by atoms with van der Waals surface area (Å²) in [6, 6.07) is 13.2. The number of imidazole rings is 1. The number of nitrogens with zero attached hydrogens (tertiary/aromatic N) is 2. The largest absolute Gasteiger partial charge is 0.494 e. The fourth-order valence-electron chi connectivity index (χ4n) is 2.11. The Labute approximate surface area is 127 Å². The van der Waals surface area contributed by atoms with Crippen LogP contribution in [0.5, 0.6) is 17.4 Å². The van der Waals surface area contributed by atoms with Crippen LogP contribution < -0.4 is 9.47 Å². The molecule has 0 N–H and O–H groups in total. The van der Waals surface area contributed by atoms with Crippen LogP contribution in [0.25, 0.3) is 5.65 Å². The van der Waals surface area contributed by atoms with Crippen LogP contribution in [0.4, 0.5) is 0 Å². The highest BCUT2D eigenvalue weighted by molar-refractivity contribution is 6.17. The van der Waals surface area contributed by atoms with Gasteiger partial charge in [-0.2, -0.15) is 4.98 Å². The van der Waals surface area contributed by atoms with Crippen LogP contribution in [0.15, 0.2) is 48.7 Å². The van der Waals surface area contributed by atoms with Crippen molar-refractivity contribution in [1.29, 1.82) is 0 Å². The molecule has 0 atom stereocenters. The van der Waals surface area contributed by atoms with Gasteiger partial charge in [0.15, 0.2) is 0 Å². The molecular formula is C16H15ClN2O2. The lowest BCUT2D eigenvalue weighted by Crippen LogP contribution is -1.93. The third kappa shape index (κ3) is 2.81. The van der Waals surface area contributed by atoms with E-state index in [0.717, 1.165) is 17.1 Å². The number of hydrogen-bond acceptors (Lipinski definition) is 3. The number of alkyl halides is 1. The number of benzene rings is 1. The molecule has 4 nitrogen and oxygen atoms in total. The number of halogens is 1. The molecule has 3 aromatic rings. The van der Waals surface area contributed by atoms with Crippen LogP contribution >= 0.6 is 11.6 Å². The molecule has 2 aromatic heterocycles.